The molecule has 0 N–H and O–H groups in total. The molecular weight excluding hydrogens is 304 g/mol. The van der Waals surface area contributed by atoms with Crippen LogP contribution in [0.4, 0.5) is 11.4 Å². The maximum Gasteiger partial charge on any atom is 0.0630 e. The van der Waals surface area contributed by atoms with Crippen molar-refractivity contribution in [2.75, 3.05) is 19.0 Å². The molecule has 25 heavy (non-hydrogen) atoms. The van der Waals surface area contributed by atoms with Gasteiger partial charge >= 0.3 is 0 Å². The molecule has 124 valence electrons. The Morgan fingerprint density at radius 1 is 0.640 bits per heavy atom. The summed E-state index contributed by atoms with van der Waals surface area (Å²) in [6, 6.07) is 26.9. The first-order chi connectivity index (χ1) is 12.2. The first-order valence-electron chi connectivity index (χ1n) is 8.35. The second kappa shape index (κ2) is 8.11. The van der Waals surface area contributed by atoms with Gasteiger partial charge in [0.1, 0.15) is 0 Å². The van der Waals surface area contributed by atoms with Gasteiger partial charge in [0, 0.05) is 26.0 Å². The highest BCUT2D eigenvalue weighted by Crippen LogP contribution is 2.16. The van der Waals surface area contributed by atoms with Crippen LogP contribution in [0.5, 0.6) is 0 Å². The second-order valence-electron chi connectivity index (χ2n) is 6.08. The predicted molar refractivity (Wildman–Crippen MR) is 110 cm³/mol. The molecular formula is C23H22N2. The van der Waals surface area contributed by atoms with Crippen LogP contribution < -0.4 is 4.90 Å². The quantitative estimate of drug-likeness (QED) is 0.435. The van der Waals surface area contributed by atoms with E-state index in [0.717, 1.165) is 16.8 Å². The molecule has 0 aliphatic rings. The molecule has 0 saturated heterocycles. The zero-order valence-corrected chi connectivity index (χ0v) is 14.6. The lowest BCUT2D eigenvalue weighted by atomic mass is 10.1. The van der Waals surface area contributed by atoms with Gasteiger partial charge in [-0.15, -0.1) is 0 Å². The lowest BCUT2D eigenvalue weighted by Gasteiger charge is -2.11. The molecule has 0 aliphatic heterocycles. The molecule has 0 aromatic heterocycles. The molecule has 0 fully saturated rings. The van der Waals surface area contributed by atoms with Crippen molar-refractivity contribution in [3.05, 3.63) is 95.6 Å². The van der Waals surface area contributed by atoms with Gasteiger partial charge in [-0.2, -0.15) is 0 Å². The van der Waals surface area contributed by atoms with Crippen molar-refractivity contribution in [3.63, 3.8) is 0 Å². The first-order valence-corrected chi connectivity index (χ1v) is 8.35. The fourth-order valence-corrected chi connectivity index (χ4v) is 2.44. The third kappa shape index (κ3) is 4.92. The summed E-state index contributed by atoms with van der Waals surface area (Å²) >= 11 is 0. The standard InChI is InChI=1S/C23H22N2/c1-25(2)23-16-12-21(13-17-23)18-24-22-14-10-20(11-15-22)9-8-19-6-4-3-5-7-19/h3-18H,1-2H3/b9-8+,24-18?. The van der Waals surface area contributed by atoms with E-state index in [0.29, 0.717) is 0 Å². The van der Waals surface area contributed by atoms with E-state index >= 15 is 0 Å². The van der Waals surface area contributed by atoms with Gasteiger partial charge in [-0.1, -0.05) is 66.7 Å². The SMILES string of the molecule is CN(C)c1ccc(C=Nc2ccc(/C=C/c3ccccc3)cc2)cc1. The van der Waals surface area contributed by atoms with Crippen LogP contribution in [0, 0.1) is 0 Å². The number of hydrogen-bond acceptors (Lipinski definition) is 2. The van der Waals surface area contributed by atoms with E-state index < -0.39 is 0 Å². The lowest BCUT2D eigenvalue weighted by Crippen LogP contribution is -2.08. The van der Waals surface area contributed by atoms with Gasteiger partial charge in [-0.05, 0) is 41.0 Å². The van der Waals surface area contributed by atoms with Crippen LogP contribution >= 0.6 is 0 Å². The van der Waals surface area contributed by atoms with Crippen LogP contribution in [0.15, 0.2) is 83.9 Å². The van der Waals surface area contributed by atoms with Crippen LogP contribution in [-0.4, -0.2) is 20.3 Å². The highest BCUT2D eigenvalue weighted by molar-refractivity contribution is 5.82. The molecule has 2 nitrogen and oxygen atoms in total. The predicted octanol–water partition coefficient (Wildman–Crippen LogP) is 5.67. The molecule has 0 amide bonds. The van der Waals surface area contributed by atoms with Crippen LogP contribution in [0.3, 0.4) is 0 Å². The Morgan fingerprint density at radius 2 is 1.20 bits per heavy atom. The molecule has 3 aromatic carbocycles. The minimum atomic E-state index is 0.952. The van der Waals surface area contributed by atoms with E-state index in [1.807, 2.05) is 50.6 Å². The van der Waals surface area contributed by atoms with E-state index in [2.05, 4.69) is 70.6 Å². The zero-order valence-electron chi connectivity index (χ0n) is 14.6. The molecule has 2 heteroatoms. The minimum absolute atomic E-state index is 0.952. The van der Waals surface area contributed by atoms with E-state index in [1.54, 1.807) is 0 Å². The lowest BCUT2D eigenvalue weighted by molar-refractivity contribution is 1.13. The summed E-state index contributed by atoms with van der Waals surface area (Å²) in [6.07, 6.45) is 6.13. The largest absolute Gasteiger partial charge is 0.378 e. The smallest absolute Gasteiger partial charge is 0.0630 e. The van der Waals surface area contributed by atoms with Crippen LogP contribution in [0.2, 0.25) is 0 Å². The monoisotopic (exact) mass is 326 g/mol. The second-order valence-corrected chi connectivity index (χ2v) is 6.08. The van der Waals surface area contributed by atoms with Crippen molar-refractivity contribution >= 4 is 29.7 Å². The topological polar surface area (TPSA) is 15.6 Å². The number of aliphatic imine (C=N–C) groups is 1. The summed E-state index contributed by atoms with van der Waals surface area (Å²) < 4.78 is 0. The van der Waals surface area contributed by atoms with Gasteiger partial charge in [-0.25, -0.2) is 0 Å². The molecule has 0 saturated carbocycles. The third-order valence-electron chi connectivity index (χ3n) is 3.93. The van der Waals surface area contributed by atoms with Gasteiger partial charge in [0.25, 0.3) is 0 Å². The number of nitrogens with zero attached hydrogens (tertiary/aromatic N) is 2. The van der Waals surface area contributed by atoms with Gasteiger partial charge in [0.05, 0.1) is 5.69 Å². The highest BCUT2D eigenvalue weighted by Gasteiger charge is 1.95. The summed E-state index contributed by atoms with van der Waals surface area (Å²) in [5.74, 6) is 0. The Bertz CT molecular complexity index is 843. The van der Waals surface area contributed by atoms with E-state index in [-0.39, 0.29) is 0 Å². The van der Waals surface area contributed by atoms with Crippen molar-refractivity contribution in [3.8, 4) is 0 Å². The summed E-state index contributed by atoms with van der Waals surface area (Å²) in [4.78, 5) is 6.63. The molecule has 3 aromatic rings. The molecule has 3 rings (SSSR count). The zero-order chi connectivity index (χ0) is 17.5. The Hall–Kier alpha value is -3.13. The molecule has 0 unspecified atom stereocenters. The van der Waals surface area contributed by atoms with Crippen LogP contribution in [0.25, 0.3) is 12.2 Å². The molecule has 0 spiro atoms. The van der Waals surface area contributed by atoms with Crippen molar-refractivity contribution in [2.24, 2.45) is 4.99 Å². The maximum absolute atomic E-state index is 4.55. The summed E-state index contributed by atoms with van der Waals surface area (Å²) in [7, 11) is 4.08. The Morgan fingerprint density at radius 3 is 1.80 bits per heavy atom. The van der Waals surface area contributed by atoms with Gasteiger partial charge in [0.2, 0.25) is 0 Å². The maximum atomic E-state index is 4.55. The summed E-state index contributed by atoms with van der Waals surface area (Å²) in [6.45, 7) is 0. The van der Waals surface area contributed by atoms with Crippen LogP contribution in [-0.2, 0) is 0 Å². The fourth-order valence-electron chi connectivity index (χ4n) is 2.44. The Labute approximate surface area is 149 Å². The van der Waals surface area contributed by atoms with E-state index in [1.165, 1.54) is 11.3 Å². The molecule has 0 radical (unpaired) electrons. The summed E-state index contributed by atoms with van der Waals surface area (Å²) in [5, 5.41) is 0. The van der Waals surface area contributed by atoms with Crippen molar-refractivity contribution in [2.45, 2.75) is 0 Å². The minimum Gasteiger partial charge on any atom is -0.378 e. The van der Waals surface area contributed by atoms with Gasteiger partial charge in [0.15, 0.2) is 0 Å². The summed E-state index contributed by atoms with van der Waals surface area (Å²) in [5.41, 5.74) is 5.60. The fraction of sp³-hybridized carbons (Fsp3) is 0.0870. The number of hydrogen-bond donors (Lipinski definition) is 0. The number of anilines is 1. The Balaban J connectivity index is 1.65. The van der Waals surface area contributed by atoms with Gasteiger partial charge in [-0.3, -0.25) is 4.99 Å². The van der Waals surface area contributed by atoms with Crippen molar-refractivity contribution in [1.82, 2.24) is 0 Å². The Kier molecular flexibility index (Phi) is 5.43. The number of benzene rings is 3. The van der Waals surface area contributed by atoms with E-state index in [9.17, 15) is 0 Å². The highest BCUT2D eigenvalue weighted by atomic mass is 15.1. The number of rotatable bonds is 5. The molecule has 0 aliphatic carbocycles. The molecule has 0 bridgehead atoms. The van der Waals surface area contributed by atoms with Crippen LogP contribution in [0.1, 0.15) is 16.7 Å². The van der Waals surface area contributed by atoms with Gasteiger partial charge < -0.3 is 4.90 Å². The van der Waals surface area contributed by atoms with E-state index in [4.69, 9.17) is 0 Å². The first kappa shape index (κ1) is 16.7. The normalized spacial score (nSPS) is 11.3. The molecule has 0 heterocycles. The molecule has 0 atom stereocenters. The van der Waals surface area contributed by atoms with Crippen molar-refractivity contribution in [1.29, 1.82) is 0 Å². The third-order valence-corrected chi connectivity index (χ3v) is 3.93. The van der Waals surface area contributed by atoms with Crippen molar-refractivity contribution < 1.29 is 0 Å². The average molecular weight is 326 g/mol. The average Bonchev–Trinajstić information content (AvgIpc) is 2.67.